The van der Waals surface area contributed by atoms with E-state index in [1.807, 2.05) is 43.3 Å². The van der Waals surface area contributed by atoms with E-state index in [9.17, 15) is 4.79 Å². The summed E-state index contributed by atoms with van der Waals surface area (Å²) in [6.45, 7) is 2.64. The first-order valence-electron chi connectivity index (χ1n) is 6.22. The van der Waals surface area contributed by atoms with Crippen molar-refractivity contribution in [2.45, 2.75) is 19.5 Å². The lowest BCUT2D eigenvalue weighted by molar-refractivity contribution is -0.143. The molecule has 0 aliphatic heterocycles. The number of thiophene rings is 1. The summed E-state index contributed by atoms with van der Waals surface area (Å²) in [5, 5.41) is 3.26. The Bertz CT molecular complexity index is 563. The zero-order chi connectivity index (χ0) is 14.5. The average molecular weight is 354 g/mol. The van der Waals surface area contributed by atoms with Gasteiger partial charge >= 0.3 is 5.97 Å². The van der Waals surface area contributed by atoms with Gasteiger partial charge in [0.15, 0.2) is 0 Å². The van der Waals surface area contributed by atoms with Crippen molar-refractivity contribution in [3.8, 4) is 0 Å². The Hall–Kier alpha value is -1.17. The Kier molecular flexibility index (Phi) is 5.34. The zero-order valence-electron chi connectivity index (χ0n) is 11.4. The normalized spacial score (nSPS) is 12.2. The van der Waals surface area contributed by atoms with Gasteiger partial charge in [0.25, 0.3) is 0 Å². The highest BCUT2D eigenvalue weighted by molar-refractivity contribution is 9.10. The summed E-state index contributed by atoms with van der Waals surface area (Å²) in [7, 11) is 1.41. The minimum absolute atomic E-state index is 0.269. The number of methoxy groups -OCH3 is 1. The van der Waals surface area contributed by atoms with Gasteiger partial charge in [-0.2, -0.15) is 0 Å². The van der Waals surface area contributed by atoms with E-state index in [0.29, 0.717) is 6.54 Å². The SMILES string of the molecule is COC(=O)C(NCc1ccccc1)c1cc(Br)c(C)s1. The third-order valence-corrected chi connectivity index (χ3v) is 5.15. The summed E-state index contributed by atoms with van der Waals surface area (Å²) >= 11 is 5.07. The molecule has 0 saturated heterocycles. The van der Waals surface area contributed by atoms with Gasteiger partial charge in [-0.05, 0) is 34.5 Å². The van der Waals surface area contributed by atoms with Crippen molar-refractivity contribution in [3.05, 3.63) is 56.2 Å². The number of rotatable bonds is 5. The summed E-state index contributed by atoms with van der Waals surface area (Å²) in [6.07, 6.45) is 0. The highest BCUT2D eigenvalue weighted by Gasteiger charge is 2.23. The average Bonchev–Trinajstić information content (AvgIpc) is 2.79. The topological polar surface area (TPSA) is 38.3 Å². The fourth-order valence-corrected chi connectivity index (χ4v) is 3.48. The first-order valence-corrected chi connectivity index (χ1v) is 7.83. The molecule has 20 heavy (non-hydrogen) atoms. The number of esters is 1. The molecular formula is C15H16BrNO2S. The van der Waals surface area contributed by atoms with Gasteiger partial charge in [-0.15, -0.1) is 11.3 Å². The summed E-state index contributed by atoms with van der Waals surface area (Å²) in [4.78, 5) is 14.1. The largest absolute Gasteiger partial charge is 0.468 e. The van der Waals surface area contributed by atoms with E-state index in [1.54, 1.807) is 11.3 Å². The monoisotopic (exact) mass is 353 g/mol. The summed E-state index contributed by atoms with van der Waals surface area (Å²) < 4.78 is 5.92. The predicted molar refractivity (Wildman–Crippen MR) is 84.8 cm³/mol. The van der Waals surface area contributed by atoms with Gasteiger partial charge < -0.3 is 4.74 Å². The molecule has 1 atom stereocenters. The number of ether oxygens (including phenoxy) is 1. The summed E-state index contributed by atoms with van der Waals surface area (Å²) in [6, 6.07) is 11.5. The molecule has 0 aliphatic rings. The molecule has 1 aromatic heterocycles. The highest BCUT2D eigenvalue weighted by Crippen LogP contribution is 2.31. The molecule has 5 heteroatoms. The standard InChI is InChI=1S/C15H16BrNO2S/c1-10-12(16)8-13(20-10)14(15(18)19-2)17-9-11-6-4-3-5-7-11/h3-8,14,17H,9H2,1-2H3. The van der Waals surface area contributed by atoms with Crippen LogP contribution < -0.4 is 5.32 Å². The maximum atomic E-state index is 12.0. The summed E-state index contributed by atoms with van der Waals surface area (Å²) in [5.41, 5.74) is 1.13. The smallest absolute Gasteiger partial charge is 0.328 e. The van der Waals surface area contributed by atoms with E-state index in [1.165, 1.54) is 7.11 Å². The van der Waals surface area contributed by atoms with Crippen LogP contribution in [0.4, 0.5) is 0 Å². The molecule has 106 valence electrons. The Morgan fingerprint density at radius 3 is 2.65 bits per heavy atom. The van der Waals surface area contributed by atoms with Crippen LogP contribution >= 0.6 is 27.3 Å². The molecule has 0 spiro atoms. The number of nitrogens with one attached hydrogen (secondary N) is 1. The molecule has 3 nitrogen and oxygen atoms in total. The van der Waals surface area contributed by atoms with Crippen LogP contribution in [-0.2, 0) is 16.1 Å². The van der Waals surface area contributed by atoms with Gasteiger partial charge in [-0.3, -0.25) is 5.32 Å². The molecule has 0 bridgehead atoms. The van der Waals surface area contributed by atoms with E-state index in [4.69, 9.17) is 4.74 Å². The van der Waals surface area contributed by atoms with Crippen molar-refractivity contribution >= 4 is 33.2 Å². The van der Waals surface area contributed by atoms with E-state index < -0.39 is 6.04 Å². The van der Waals surface area contributed by atoms with Crippen molar-refractivity contribution in [2.75, 3.05) is 7.11 Å². The minimum Gasteiger partial charge on any atom is -0.468 e. The number of hydrogen-bond acceptors (Lipinski definition) is 4. The lowest BCUT2D eigenvalue weighted by Crippen LogP contribution is -2.28. The van der Waals surface area contributed by atoms with Crippen molar-refractivity contribution < 1.29 is 9.53 Å². The van der Waals surface area contributed by atoms with Crippen LogP contribution in [0.2, 0.25) is 0 Å². The maximum absolute atomic E-state index is 12.0. The molecule has 1 aromatic carbocycles. The van der Waals surface area contributed by atoms with Gasteiger partial charge in [-0.25, -0.2) is 4.79 Å². The molecule has 0 amide bonds. The van der Waals surface area contributed by atoms with Crippen LogP contribution in [0.25, 0.3) is 0 Å². The molecule has 0 radical (unpaired) electrons. The van der Waals surface area contributed by atoms with E-state index in [-0.39, 0.29) is 5.97 Å². The van der Waals surface area contributed by atoms with Crippen LogP contribution in [0.15, 0.2) is 40.9 Å². The molecule has 1 unspecified atom stereocenters. The minimum atomic E-state index is -0.435. The van der Waals surface area contributed by atoms with E-state index >= 15 is 0 Å². The second-order valence-corrected chi connectivity index (χ2v) is 6.52. The molecular weight excluding hydrogens is 338 g/mol. The van der Waals surface area contributed by atoms with Crippen LogP contribution in [0.1, 0.15) is 21.4 Å². The molecule has 0 saturated carbocycles. The predicted octanol–water partition coefficient (Wildman–Crippen LogP) is 3.82. The molecule has 2 aromatic rings. The lowest BCUT2D eigenvalue weighted by Gasteiger charge is -2.15. The Morgan fingerprint density at radius 2 is 2.10 bits per heavy atom. The van der Waals surface area contributed by atoms with Crippen LogP contribution in [0.3, 0.4) is 0 Å². The molecule has 2 rings (SSSR count). The molecule has 0 aliphatic carbocycles. The first kappa shape index (κ1) is 15.2. The van der Waals surface area contributed by atoms with Gasteiger partial charge in [-0.1, -0.05) is 30.3 Å². The van der Waals surface area contributed by atoms with Crippen molar-refractivity contribution in [3.63, 3.8) is 0 Å². The maximum Gasteiger partial charge on any atom is 0.328 e. The molecule has 1 N–H and O–H groups in total. The van der Waals surface area contributed by atoms with E-state index in [0.717, 1.165) is 19.8 Å². The number of carbonyl (C=O) groups excluding carboxylic acids is 1. The van der Waals surface area contributed by atoms with Crippen molar-refractivity contribution in [1.82, 2.24) is 5.32 Å². The quantitative estimate of drug-likeness (QED) is 0.830. The summed E-state index contributed by atoms with van der Waals surface area (Å²) in [5.74, 6) is -0.269. The number of hydrogen-bond donors (Lipinski definition) is 1. The molecule has 0 fully saturated rings. The third-order valence-electron chi connectivity index (χ3n) is 2.95. The second-order valence-electron chi connectivity index (χ2n) is 4.38. The fourth-order valence-electron chi connectivity index (χ4n) is 1.86. The molecule has 1 heterocycles. The second kappa shape index (κ2) is 7.02. The van der Waals surface area contributed by atoms with Crippen molar-refractivity contribution in [2.24, 2.45) is 0 Å². The van der Waals surface area contributed by atoms with Crippen LogP contribution in [0.5, 0.6) is 0 Å². The Balaban J connectivity index is 2.14. The van der Waals surface area contributed by atoms with Crippen LogP contribution in [-0.4, -0.2) is 13.1 Å². The highest BCUT2D eigenvalue weighted by atomic mass is 79.9. The number of carbonyl (C=O) groups is 1. The Labute approximate surface area is 131 Å². The van der Waals surface area contributed by atoms with Crippen molar-refractivity contribution in [1.29, 1.82) is 0 Å². The fraction of sp³-hybridized carbons (Fsp3) is 0.267. The number of halogens is 1. The van der Waals surface area contributed by atoms with Crippen LogP contribution in [0, 0.1) is 6.92 Å². The van der Waals surface area contributed by atoms with Gasteiger partial charge in [0.2, 0.25) is 0 Å². The van der Waals surface area contributed by atoms with E-state index in [2.05, 4.69) is 21.2 Å². The number of aryl methyl sites for hydroxylation is 1. The third kappa shape index (κ3) is 3.69. The van der Waals surface area contributed by atoms with Gasteiger partial charge in [0, 0.05) is 20.8 Å². The van der Waals surface area contributed by atoms with Gasteiger partial charge in [0.1, 0.15) is 6.04 Å². The first-order chi connectivity index (χ1) is 9.61. The van der Waals surface area contributed by atoms with Gasteiger partial charge in [0.05, 0.1) is 7.11 Å². The Morgan fingerprint density at radius 1 is 1.40 bits per heavy atom. The zero-order valence-corrected chi connectivity index (χ0v) is 13.8. The number of benzene rings is 1. The lowest BCUT2D eigenvalue weighted by atomic mass is 10.2.